The van der Waals surface area contributed by atoms with E-state index in [0.29, 0.717) is 16.7 Å². The maximum absolute atomic E-state index is 12.3. The number of aryl methyl sites for hydroxylation is 1. The van der Waals surface area contributed by atoms with Gasteiger partial charge in [0.15, 0.2) is 5.82 Å². The Morgan fingerprint density at radius 3 is 2.38 bits per heavy atom. The molecule has 1 aromatic carbocycles. The number of thioether (sulfide) groups is 1. The van der Waals surface area contributed by atoms with E-state index in [0.717, 1.165) is 31.5 Å². The molecule has 0 atom stereocenters. The van der Waals surface area contributed by atoms with Crippen LogP contribution in [0.2, 0.25) is 0 Å². The Labute approximate surface area is 147 Å². The van der Waals surface area contributed by atoms with Gasteiger partial charge in [-0.1, -0.05) is 55.4 Å². The Kier molecular flexibility index (Phi) is 6.66. The van der Waals surface area contributed by atoms with Crippen LogP contribution < -0.4 is 5.84 Å². The summed E-state index contributed by atoms with van der Waals surface area (Å²) in [6, 6.07) is 7.94. The van der Waals surface area contributed by atoms with E-state index in [2.05, 4.69) is 24.0 Å². The molecule has 0 spiro atoms. The number of amides is 1. The molecule has 2 rings (SSSR count). The van der Waals surface area contributed by atoms with Gasteiger partial charge in [0.05, 0.1) is 5.75 Å². The zero-order valence-electron chi connectivity index (χ0n) is 14.5. The Hall–Kier alpha value is -2.02. The van der Waals surface area contributed by atoms with Crippen LogP contribution in [0.15, 0.2) is 29.4 Å². The van der Waals surface area contributed by atoms with Gasteiger partial charge in [0.2, 0.25) is 11.1 Å². The fraction of sp³-hybridized carbons (Fsp3) is 0.471. The van der Waals surface area contributed by atoms with Gasteiger partial charge < -0.3 is 10.7 Å². The Morgan fingerprint density at radius 2 is 1.79 bits per heavy atom. The van der Waals surface area contributed by atoms with Crippen molar-refractivity contribution in [3.05, 3.63) is 29.8 Å². The van der Waals surface area contributed by atoms with Crippen molar-refractivity contribution in [3.8, 4) is 11.4 Å². The summed E-state index contributed by atoms with van der Waals surface area (Å²) in [5.41, 5.74) is 2.08. The molecule has 130 valence electrons. The lowest BCUT2D eigenvalue weighted by Crippen LogP contribution is -2.33. The van der Waals surface area contributed by atoms with Gasteiger partial charge in [-0.05, 0) is 19.8 Å². The molecule has 1 heterocycles. The zero-order chi connectivity index (χ0) is 17.5. The van der Waals surface area contributed by atoms with Gasteiger partial charge in [0, 0.05) is 18.7 Å². The highest BCUT2D eigenvalue weighted by Gasteiger charge is 2.16. The highest BCUT2D eigenvalue weighted by Crippen LogP contribution is 2.22. The normalized spacial score (nSPS) is 10.8. The van der Waals surface area contributed by atoms with Gasteiger partial charge in [-0.3, -0.25) is 4.79 Å². The van der Waals surface area contributed by atoms with E-state index in [9.17, 15) is 4.79 Å². The van der Waals surface area contributed by atoms with Crippen LogP contribution in [0.3, 0.4) is 0 Å². The molecular weight excluding hydrogens is 322 g/mol. The van der Waals surface area contributed by atoms with Crippen LogP contribution in [-0.2, 0) is 4.79 Å². The van der Waals surface area contributed by atoms with Crippen LogP contribution in [0.1, 0.15) is 32.3 Å². The first-order valence-electron chi connectivity index (χ1n) is 8.24. The van der Waals surface area contributed by atoms with Crippen LogP contribution in [0.5, 0.6) is 0 Å². The number of nitrogens with zero attached hydrogens (tertiary/aromatic N) is 4. The van der Waals surface area contributed by atoms with Crippen LogP contribution in [0.4, 0.5) is 0 Å². The number of aromatic nitrogens is 3. The Morgan fingerprint density at radius 1 is 1.17 bits per heavy atom. The second-order valence-corrected chi connectivity index (χ2v) is 6.65. The summed E-state index contributed by atoms with van der Waals surface area (Å²) >= 11 is 1.33. The number of hydrogen-bond acceptors (Lipinski definition) is 5. The number of hydrogen-bond donors (Lipinski definition) is 1. The third kappa shape index (κ3) is 4.50. The summed E-state index contributed by atoms with van der Waals surface area (Å²) in [6.07, 6.45) is 1.92. The van der Waals surface area contributed by atoms with E-state index in [-0.39, 0.29) is 5.91 Å². The first-order valence-corrected chi connectivity index (χ1v) is 9.23. The molecule has 6 nitrogen and oxygen atoms in total. The lowest BCUT2D eigenvalue weighted by atomic mass is 10.1. The molecule has 24 heavy (non-hydrogen) atoms. The highest BCUT2D eigenvalue weighted by molar-refractivity contribution is 7.99. The number of benzene rings is 1. The van der Waals surface area contributed by atoms with Crippen molar-refractivity contribution in [2.24, 2.45) is 0 Å². The molecule has 0 radical (unpaired) electrons. The molecule has 0 bridgehead atoms. The Balaban J connectivity index is 2.03. The van der Waals surface area contributed by atoms with Crippen molar-refractivity contribution in [2.45, 2.75) is 38.8 Å². The van der Waals surface area contributed by atoms with Crippen molar-refractivity contribution in [1.82, 2.24) is 19.8 Å². The average Bonchev–Trinajstić information content (AvgIpc) is 2.94. The number of carbonyl (C=O) groups is 1. The summed E-state index contributed by atoms with van der Waals surface area (Å²) < 4.78 is 1.45. The van der Waals surface area contributed by atoms with Crippen molar-refractivity contribution in [2.75, 3.05) is 24.7 Å². The van der Waals surface area contributed by atoms with Crippen LogP contribution in [0.25, 0.3) is 11.4 Å². The molecule has 2 N–H and O–H groups in total. The molecule has 1 amide bonds. The fourth-order valence-electron chi connectivity index (χ4n) is 2.39. The Bertz CT molecular complexity index is 662. The second kappa shape index (κ2) is 8.73. The third-order valence-electron chi connectivity index (χ3n) is 3.64. The SMILES string of the molecule is CCCN(CCC)C(=O)CSc1nnc(-c2ccc(C)cc2)n1N. The van der Waals surface area contributed by atoms with Crippen molar-refractivity contribution < 1.29 is 4.79 Å². The van der Waals surface area contributed by atoms with E-state index in [4.69, 9.17) is 5.84 Å². The topological polar surface area (TPSA) is 77.0 Å². The molecule has 0 aliphatic rings. The van der Waals surface area contributed by atoms with Gasteiger partial charge in [0.25, 0.3) is 0 Å². The first kappa shape index (κ1) is 18.3. The van der Waals surface area contributed by atoms with Crippen LogP contribution in [0, 0.1) is 6.92 Å². The molecule has 0 saturated heterocycles. The number of nitrogen functional groups attached to an aromatic ring is 1. The first-order chi connectivity index (χ1) is 11.6. The van der Waals surface area contributed by atoms with Crippen molar-refractivity contribution in [1.29, 1.82) is 0 Å². The predicted octanol–water partition coefficient (Wildman–Crippen LogP) is 2.71. The minimum atomic E-state index is 0.114. The average molecular weight is 347 g/mol. The molecular formula is C17H25N5OS. The maximum Gasteiger partial charge on any atom is 0.233 e. The predicted molar refractivity (Wildman–Crippen MR) is 98.2 cm³/mol. The summed E-state index contributed by atoms with van der Waals surface area (Å²) in [5.74, 6) is 7.14. The minimum absolute atomic E-state index is 0.114. The van der Waals surface area contributed by atoms with Gasteiger partial charge in [-0.15, -0.1) is 10.2 Å². The van der Waals surface area contributed by atoms with E-state index in [1.165, 1.54) is 22.0 Å². The van der Waals surface area contributed by atoms with E-state index in [1.54, 1.807) is 0 Å². The van der Waals surface area contributed by atoms with Crippen molar-refractivity contribution >= 4 is 17.7 Å². The number of carbonyl (C=O) groups excluding carboxylic acids is 1. The molecule has 0 aliphatic heterocycles. The fourth-order valence-corrected chi connectivity index (χ4v) is 3.15. The van der Waals surface area contributed by atoms with Gasteiger partial charge in [-0.2, -0.15) is 0 Å². The second-order valence-electron chi connectivity index (χ2n) is 5.71. The van der Waals surface area contributed by atoms with Gasteiger partial charge >= 0.3 is 0 Å². The van der Waals surface area contributed by atoms with Crippen molar-refractivity contribution in [3.63, 3.8) is 0 Å². The lowest BCUT2D eigenvalue weighted by Gasteiger charge is -2.21. The highest BCUT2D eigenvalue weighted by atomic mass is 32.2. The zero-order valence-corrected chi connectivity index (χ0v) is 15.3. The summed E-state index contributed by atoms with van der Waals surface area (Å²) in [5, 5.41) is 8.82. The van der Waals surface area contributed by atoms with Gasteiger partial charge in [-0.25, -0.2) is 4.68 Å². The monoisotopic (exact) mass is 347 g/mol. The summed E-state index contributed by atoms with van der Waals surface area (Å²) in [4.78, 5) is 14.2. The van der Waals surface area contributed by atoms with E-state index >= 15 is 0 Å². The minimum Gasteiger partial charge on any atom is -0.342 e. The number of nitrogens with two attached hydrogens (primary N) is 1. The van der Waals surface area contributed by atoms with E-state index < -0.39 is 0 Å². The molecule has 7 heteroatoms. The largest absolute Gasteiger partial charge is 0.342 e. The molecule has 0 aliphatic carbocycles. The lowest BCUT2D eigenvalue weighted by molar-refractivity contribution is -0.128. The molecule has 0 saturated carbocycles. The number of rotatable bonds is 8. The quantitative estimate of drug-likeness (QED) is 0.587. The maximum atomic E-state index is 12.3. The van der Waals surface area contributed by atoms with Gasteiger partial charge in [0.1, 0.15) is 0 Å². The summed E-state index contributed by atoms with van der Waals surface area (Å²) in [6.45, 7) is 7.76. The third-order valence-corrected chi connectivity index (χ3v) is 4.57. The standard InChI is InChI=1S/C17H25N5OS/c1-4-10-21(11-5-2)15(23)12-24-17-20-19-16(22(17)18)14-8-6-13(3)7-9-14/h6-9H,4-5,10-12,18H2,1-3H3. The van der Waals surface area contributed by atoms with Crippen LogP contribution in [-0.4, -0.2) is 44.5 Å². The molecule has 2 aromatic rings. The van der Waals surface area contributed by atoms with Crippen LogP contribution >= 0.6 is 11.8 Å². The molecule has 0 fully saturated rings. The molecule has 0 unspecified atom stereocenters. The van der Waals surface area contributed by atoms with E-state index in [1.807, 2.05) is 36.1 Å². The summed E-state index contributed by atoms with van der Waals surface area (Å²) in [7, 11) is 0. The smallest absolute Gasteiger partial charge is 0.233 e. The molecule has 1 aromatic heterocycles.